The van der Waals surface area contributed by atoms with Crippen molar-refractivity contribution in [3.8, 4) is 28.4 Å². The predicted molar refractivity (Wildman–Crippen MR) is 273 cm³/mol. The average Bonchev–Trinajstić information content (AvgIpc) is 3.36. The molecule has 5 aromatic carbocycles. The standard InChI is InChI=1S/C59H68N2O8/c1-6-8-36-65-57(64)61(40-45-24-18-23-43-21-12-13-25-48(43)45)54-39-52(60-69-58(3,4)5)50-37-44(22-14-16-33-62)49(26-15-17-34-63)55-51-38-47(31-32-53(51)68-59(54,56(50)55)66-35-7-2)67-46-29-27-42(28-30-46)41-19-10-9-11-20-41/h6-7,9-13,18-21,23-25,27-32,37-38,44,49,54-56,62-63H,1-2,8,14-17,22,26,33-36,39-40H2,3-5H3. The van der Waals surface area contributed by atoms with Crippen LogP contribution in [0.5, 0.6) is 17.2 Å². The molecule has 8 rings (SSSR count). The number of fused-ring (bicyclic) bond motifs is 3. The van der Waals surface area contributed by atoms with Crippen LogP contribution in [-0.2, 0) is 20.9 Å². The number of aliphatic hydroxyl groups is 2. The lowest BCUT2D eigenvalue weighted by Gasteiger charge is -2.60. The van der Waals surface area contributed by atoms with Crippen molar-refractivity contribution in [1.29, 1.82) is 0 Å². The van der Waals surface area contributed by atoms with E-state index in [-0.39, 0.29) is 57.1 Å². The number of oxime groups is 1. The molecule has 6 unspecified atom stereocenters. The minimum atomic E-state index is -1.47. The lowest BCUT2D eigenvalue weighted by molar-refractivity contribution is -0.256. The van der Waals surface area contributed by atoms with Gasteiger partial charge in [0, 0.05) is 31.1 Å². The maximum absolute atomic E-state index is 15.0. The van der Waals surface area contributed by atoms with Crippen LogP contribution in [0.1, 0.15) is 89.2 Å². The number of hydrogen-bond acceptors (Lipinski definition) is 9. The van der Waals surface area contributed by atoms with Crippen LogP contribution in [0.15, 0.2) is 157 Å². The fraction of sp³-hybridized carbons (Fsp3) is 0.390. The van der Waals surface area contributed by atoms with Crippen LogP contribution in [0.3, 0.4) is 0 Å². The number of unbranched alkanes of at least 4 members (excludes halogenated alkanes) is 2. The van der Waals surface area contributed by atoms with E-state index in [1.165, 1.54) is 0 Å². The van der Waals surface area contributed by atoms with E-state index in [1.54, 1.807) is 17.1 Å². The number of nitrogens with zero attached hydrogens (tertiary/aromatic N) is 2. The van der Waals surface area contributed by atoms with Crippen molar-refractivity contribution in [2.24, 2.45) is 22.9 Å². The van der Waals surface area contributed by atoms with Crippen LogP contribution in [0.25, 0.3) is 21.9 Å². The number of amides is 1. The summed E-state index contributed by atoms with van der Waals surface area (Å²) in [5.74, 6) is -0.115. The molecule has 2 aliphatic carbocycles. The van der Waals surface area contributed by atoms with Crippen LogP contribution in [-0.4, -0.2) is 70.8 Å². The largest absolute Gasteiger partial charge is 0.459 e. The summed E-state index contributed by atoms with van der Waals surface area (Å²) in [5, 5.41) is 27.2. The predicted octanol–water partition coefficient (Wildman–Crippen LogP) is 12.9. The van der Waals surface area contributed by atoms with Gasteiger partial charge in [-0.15, -0.1) is 13.2 Å². The molecule has 2 N–H and O–H groups in total. The fourth-order valence-electron chi connectivity index (χ4n) is 10.6. The summed E-state index contributed by atoms with van der Waals surface area (Å²) in [6.07, 6.45) is 10.6. The number of benzene rings is 5. The second kappa shape index (κ2) is 22.5. The number of carbonyl (C=O) groups excluding carboxylic acids is 1. The maximum Gasteiger partial charge on any atom is 0.410 e. The van der Waals surface area contributed by atoms with E-state index in [1.807, 2.05) is 81.4 Å². The van der Waals surface area contributed by atoms with E-state index in [0.717, 1.165) is 64.3 Å². The summed E-state index contributed by atoms with van der Waals surface area (Å²) < 4.78 is 27.6. The Morgan fingerprint density at radius 3 is 2.29 bits per heavy atom. The van der Waals surface area contributed by atoms with Crippen LogP contribution in [0.2, 0.25) is 0 Å². The van der Waals surface area contributed by atoms with Gasteiger partial charge in [0.2, 0.25) is 5.79 Å². The summed E-state index contributed by atoms with van der Waals surface area (Å²) in [6, 6.07) is 38.0. The molecular formula is C59H68N2O8. The van der Waals surface area contributed by atoms with Crippen molar-refractivity contribution in [3.63, 3.8) is 0 Å². The molecule has 0 bridgehead atoms. The molecule has 69 heavy (non-hydrogen) atoms. The van der Waals surface area contributed by atoms with E-state index in [0.29, 0.717) is 42.2 Å². The smallest absolute Gasteiger partial charge is 0.410 e. The monoisotopic (exact) mass is 932 g/mol. The zero-order valence-electron chi connectivity index (χ0n) is 40.4. The summed E-state index contributed by atoms with van der Waals surface area (Å²) in [4.78, 5) is 23.1. The molecular weight excluding hydrogens is 865 g/mol. The Balaban J connectivity index is 1.33. The minimum Gasteiger partial charge on any atom is -0.459 e. The average molecular weight is 933 g/mol. The summed E-state index contributed by atoms with van der Waals surface area (Å²) in [5.41, 5.74) is 5.18. The zero-order valence-corrected chi connectivity index (χ0v) is 40.4. The van der Waals surface area contributed by atoms with E-state index in [4.69, 9.17) is 28.9 Å². The van der Waals surface area contributed by atoms with E-state index < -0.39 is 29.4 Å². The summed E-state index contributed by atoms with van der Waals surface area (Å²) in [6.45, 7) is 14.6. The van der Waals surface area contributed by atoms with E-state index in [9.17, 15) is 10.2 Å². The third kappa shape index (κ3) is 11.1. The van der Waals surface area contributed by atoms with Gasteiger partial charge in [-0.05, 0) is 128 Å². The van der Waals surface area contributed by atoms with Crippen molar-refractivity contribution >= 4 is 22.6 Å². The lowest BCUT2D eigenvalue weighted by Crippen LogP contribution is -2.70. The van der Waals surface area contributed by atoms with Crippen molar-refractivity contribution in [1.82, 2.24) is 4.90 Å². The molecule has 362 valence electrons. The number of carbonyl (C=O) groups is 1. The SMILES string of the molecule is C=CCCOC(=O)N(Cc1cccc2ccccc12)C1CC(=NOC(C)(C)C)C2=CC(CCCCO)C(CCCCO)C3c4cc(Oc5ccc(-c6ccccc6)cc5)ccc4OC1(OCC=C)C23. The molecule has 1 heterocycles. The Kier molecular flexibility index (Phi) is 16.0. The fourth-order valence-corrected chi connectivity index (χ4v) is 10.6. The van der Waals surface area contributed by atoms with Crippen LogP contribution >= 0.6 is 0 Å². The molecule has 1 amide bonds. The quantitative estimate of drug-likeness (QED) is 0.0424. The van der Waals surface area contributed by atoms with Crippen LogP contribution in [0.4, 0.5) is 4.79 Å². The van der Waals surface area contributed by atoms with Crippen molar-refractivity contribution in [2.45, 2.75) is 102 Å². The molecule has 0 aromatic heterocycles. The second-order valence-corrected chi connectivity index (χ2v) is 19.4. The first-order valence-corrected chi connectivity index (χ1v) is 24.7. The highest BCUT2D eigenvalue weighted by atomic mass is 16.7. The van der Waals surface area contributed by atoms with Crippen LogP contribution in [0, 0.1) is 17.8 Å². The molecule has 1 saturated carbocycles. The number of hydrogen-bond donors (Lipinski definition) is 2. The van der Waals surface area contributed by atoms with Crippen LogP contribution < -0.4 is 9.47 Å². The molecule has 3 aliphatic rings. The molecule has 10 nitrogen and oxygen atoms in total. The minimum absolute atomic E-state index is 0.0355. The Morgan fingerprint density at radius 1 is 0.841 bits per heavy atom. The van der Waals surface area contributed by atoms with Gasteiger partial charge < -0.3 is 34.0 Å². The van der Waals surface area contributed by atoms with Gasteiger partial charge in [-0.2, -0.15) is 0 Å². The Hall–Kier alpha value is -6.20. The lowest BCUT2D eigenvalue weighted by atomic mass is 9.55. The van der Waals surface area contributed by atoms with E-state index >= 15 is 4.79 Å². The number of aliphatic hydroxyl groups excluding tert-OH is 2. The van der Waals surface area contributed by atoms with Gasteiger partial charge in [0.15, 0.2) is 0 Å². The molecule has 0 spiro atoms. The summed E-state index contributed by atoms with van der Waals surface area (Å²) >= 11 is 0. The number of rotatable bonds is 21. The van der Waals surface area contributed by atoms with Crippen molar-refractivity contribution in [3.05, 3.63) is 163 Å². The molecule has 10 heteroatoms. The first-order chi connectivity index (χ1) is 33.6. The molecule has 1 fully saturated rings. The Bertz CT molecular complexity index is 2600. The summed E-state index contributed by atoms with van der Waals surface area (Å²) in [7, 11) is 0. The van der Waals surface area contributed by atoms with Crippen molar-refractivity contribution in [2.75, 3.05) is 26.4 Å². The van der Waals surface area contributed by atoms with E-state index in [2.05, 4.69) is 73.8 Å². The Morgan fingerprint density at radius 2 is 1.55 bits per heavy atom. The normalized spacial score (nSPS) is 22.1. The van der Waals surface area contributed by atoms with Gasteiger partial charge in [-0.1, -0.05) is 121 Å². The first-order valence-electron chi connectivity index (χ1n) is 24.7. The second-order valence-electron chi connectivity index (χ2n) is 19.4. The highest BCUT2D eigenvalue weighted by Crippen LogP contribution is 2.62. The number of allylic oxidation sites excluding steroid dienone is 1. The molecule has 1 aliphatic heterocycles. The van der Waals surface area contributed by atoms with Gasteiger partial charge in [-0.3, -0.25) is 4.90 Å². The van der Waals surface area contributed by atoms with Gasteiger partial charge in [0.25, 0.3) is 0 Å². The highest BCUT2D eigenvalue weighted by molar-refractivity contribution is 6.03. The van der Waals surface area contributed by atoms with Gasteiger partial charge in [0.05, 0.1) is 31.4 Å². The third-order valence-electron chi connectivity index (χ3n) is 13.7. The van der Waals surface area contributed by atoms with Gasteiger partial charge in [-0.25, -0.2) is 4.79 Å². The van der Waals surface area contributed by atoms with Gasteiger partial charge in [0.1, 0.15) is 28.9 Å². The molecule has 0 saturated heterocycles. The molecule has 5 aromatic rings. The van der Waals surface area contributed by atoms with Crippen molar-refractivity contribution < 1.29 is 38.8 Å². The molecule has 0 radical (unpaired) electrons. The highest BCUT2D eigenvalue weighted by Gasteiger charge is 2.66. The third-order valence-corrected chi connectivity index (χ3v) is 13.7. The first kappa shape index (κ1) is 49.2. The molecule has 6 atom stereocenters. The maximum atomic E-state index is 15.0. The zero-order chi connectivity index (χ0) is 48.4. The Labute approximate surface area is 407 Å². The van der Waals surface area contributed by atoms with Gasteiger partial charge >= 0.3 is 6.09 Å². The number of ether oxygens (including phenoxy) is 4. The topological polar surface area (TPSA) is 119 Å².